The van der Waals surface area contributed by atoms with E-state index in [9.17, 15) is 4.79 Å². The van der Waals surface area contributed by atoms with Crippen LogP contribution >= 0.6 is 0 Å². The summed E-state index contributed by atoms with van der Waals surface area (Å²) in [5.74, 6) is -0.0469. The lowest BCUT2D eigenvalue weighted by Crippen LogP contribution is -2.41. The number of carbonyl (C=O) groups excluding carboxylic acids is 1. The molecule has 0 spiro atoms. The van der Waals surface area contributed by atoms with Crippen LogP contribution < -0.4 is 0 Å². The Morgan fingerprint density at radius 1 is 1.22 bits per heavy atom. The molecule has 0 atom stereocenters. The average molecular weight is 253 g/mol. The van der Waals surface area contributed by atoms with Crippen LogP contribution in [0.2, 0.25) is 0 Å². The van der Waals surface area contributed by atoms with Crippen molar-refractivity contribution in [2.75, 3.05) is 13.2 Å². The summed E-state index contributed by atoms with van der Waals surface area (Å²) < 4.78 is 5.35. The van der Waals surface area contributed by atoms with Crippen LogP contribution in [0.25, 0.3) is 0 Å². The van der Waals surface area contributed by atoms with E-state index in [0.717, 1.165) is 57.2 Å². The van der Waals surface area contributed by atoms with E-state index in [1.54, 1.807) is 0 Å². The Labute approximate surface area is 111 Å². The second-order valence-electron chi connectivity index (χ2n) is 5.09. The van der Waals surface area contributed by atoms with Crippen molar-refractivity contribution < 1.29 is 9.53 Å². The largest absolute Gasteiger partial charge is 0.465 e. The van der Waals surface area contributed by atoms with Crippen LogP contribution in [0.1, 0.15) is 65.7 Å². The lowest BCUT2D eigenvalue weighted by Gasteiger charge is -2.34. The van der Waals surface area contributed by atoms with Gasteiger partial charge in [0.2, 0.25) is 0 Å². The number of hydrogen-bond donors (Lipinski definition) is 0. The molecule has 0 aromatic carbocycles. The van der Waals surface area contributed by atoms with Gasteiger partial charge >= 0.3 is 5.97 Å². The normalized spacial score (nSPS) is 16.3. The molecule has 0 aromatic rings. The average Bonchev–Trinajstić information content (AvgIpc) is 2.39. The molecule has 0 aromatic heterocycles. The summed E-state index contributed by atoms with van der Waals surface area (Å²) in [7, 11) is 0. The number of esters is 1. The molecule has 3 nitrogen and oxygen atoms in total. The molecule has 0 bridgehead atoms. The van der Waals surface area contributed by atoms with Crippen molar-refractivity contribution in [2.45, 2.75) is 65.7 Å². The van der Waals surface area contributed by atoms with E-state index in [-0.39, 0.29) is 5.97 Å². The Morgan fingerprint density at radius 3 is 2.33 bits per heavy atom. The third-order valence-corrected chi connectivity index (χ3v) is 3.70. The van der Waals surface area contributed by atoms with Crippen molar-refractivity contribution >= 4 is 11.7 Å². The highest BCUT2D eigenvalue weighted by atomic mass is 16.5. The minimum Gasteiger partial charge on any atom is -0.465 e. The van der Waals surface area contributed by atoms with Gasteiger partial charge in [-0.05, 0) is 39.0 Å². The molecule has 0 saturated carbocycles. The highest BCUT2D eigenvalue weighted by Crippen LogP contribution is 2.36. The summed E-state index contributed by atoms with van der Waals surface area (Å²) in [6.45, 7) is 7.48. The number of hydrogen-bond acceptors (Lipinski definition) is 3. The molecule has 1 aliphatic rings. The summed E-state index contributed by atoms with van der Waals surface area (Å²) in [6, 6.07) is 0. The predicted octanol–water partition coefficient (Wildman–Crippen LogP) is 3.76. The SMILES string of the molecule is CCCC(CCC)(C(=O)OCC)C1=NCCCC1. The van der Waals surface area contributed by atoms with Gasteiger partial charge in [0, 0.05) is 12.3 Å². The zero-order valence-electron chi connectivity index (χ0n) is 12.1. The van der Waals surface area contributed by atoms with Gasteiger partial charge in [-0.1, -0.05) is 26.7 Å². The van der Waals surface area contributed by atoms with Crippen molar-refractivity contribution in [1.29, 1.82) is 0 Å². The van der Waals surface area contributed by atoms with Gasteiger partial charge in [-0.15, -0.1) is 0 Å². The number of ether oxygens (including phenoxy) is 1. The van der Waals surface area contributed by atoms with E-state index < -0.39 is 5.41 Å². The van der Waals surface area contributed by atoms with Gasteiger partial charge in [0.05, 0.1) is 6.61 Å². The maximum absolute atomic E-state index is 12.4. The molecule has 0 saturated heterocycles. The minimum absolute atomic E-state index is 0.0469. The number of aliphatic imine (C=N–C) groups is 1. The fourth-order valence-electron chi connectivity index (χ4n) is 2.95. The Hall–Kier alpha value is -0.860. The lowest BCUT2D eigenvalue weighted by atomic mass is 9.73. The molecule has 0 radical (unpaired) electrons. The summed E-state index contributed by atoms with van der Waals surface area (Å²) in [4.78, 5) is 17.1. The maximum Gasteiger partial charge on any atom is 0.317 e. The first-order valence-corrected chi connectivity index (χ1v) is 7.42. The van der Waals surface area contributed by atoms with Crippen LogP contribution in [0, 0.1) is 5.41 Å². The van der Waals surface area contributed by atoms with Crippen LogP contribution in [0.4, 0.5) is 0 Å². The van der Waals surface area contributed by atoms with Crippen LogP contribution in [-0.2, 0) is 9.53 Å². The quantitative estimate of drug-likeness (QED) is 0.648. The number of nitrogens with zero attached hydrogens (tertiary/aromatic N) is 1. The van der Waals surface area contributed by atoms with E-state index in [2.05, 4.69) is 18.8 Å². The second-order valence-corrected chi connectivity index (χ2v) is 5.09. The first-order valence-electron chi connectivity index (χ1n) is 7.42. The Bertz CT molecular complexity index is 291. The lowest BCUT2D eigenvalue weighted by molar-refractivity contribution is -0.152. The molecule has 0 aliphatic carbocycles. The van der Waals surface area contributed by atoms with Crippen LogP contribution in [-0.4, -0.2) is 24.8 Å². The van der Waals surface area contributed by atoms with E-state index >= 15 is 0 Å². The molecule has 1 heterocycles. The molecule has 3 heteroatoms. The van der Waals surface area contributed by atoms with Crippen LogP contribution in [0.3, 0.4) is 0 Å². The summed E-state index contributed by atoms with van der Waals surface area (Å²) >= 11 is 0. The second kappa shape index (κ2) is 7.55. The number of carbonyl (C=O) groups is 1. The third-order valence-electron chi connectivity index (χ3n) is 3.70. The van der Waals surface area contributed by atoms with E-state index in [1.807, 2.05) is 6.92 Å². The fraction of sp³-hybridized carbons (Fsp3) is 0.867. The smallest absolute Gasteiger partial charge is 0.317 e. The molecule has 0 fully saturated rings. The molecule has 1 aliphatic heterocycles. The van der Waals surface area contributed by atoms with Crippen molar-refractivity contribution in [3.05, 3.63) is 0 Å². The standard InChI is InChI=1S/C15H27NO2/c1-4-10-15(11-5-2,14(17)18-6-3)13-9-7-8-12-16-13/h4-12H2,1-3H3. The highest BCUT2D eigenvalue weighted by molar-refractivity contribution is 6.07. The zero-order chi connectivity index (χ0) is 13.4. The molecule has 0 N–H and O–H groups in total. The van der Waals surface area contributed by atoms with E-state index in [1.165, 1.54) is 0 Å². The molecular formula is C15H27NO2. The van der Waals surface area contributed by atoms with Crippen molar-refractivity contribution in [2.24, 2.45) is 10.4 Å². The van der Waals surface area contributed by atoms with Crippen LogP contribution in [0.15, 0.2) is 4.99 Å². The first kappa shape index (κ1) is 15.2. The molecule has 0 unspecified atom stereocenters. The zero-order valence-corrected chi connectivity index (χ0v) is 12.1. The Kier molecular flexibility index (Phi) is 6.37. The summed E-state index contributed by atoms with van der Waals surface area (Å²) in [6.07, 6.45) is 7.03. The van der Waals surface area contributed by atoms with E-state index in [4.69, 9.17) is 4.74 Å². The molecular weight excluding hydrogens is 226 g/mol. The molecule has 104 valence electrons. The minimum atomic E-state index is -0.431. The summed E-state index contributed by atoms with van der Waals surface area (Å²) in [5, 5.41) is 0. The van der Waals surface area contributed by atoms with Gasteiger partial charge in [0.15, 0.2) is 0 Å². The highest BCUT2D eigenvalue weighted by Gasteiger charge is 2.43. The van der Waals surface area contributed by atoms with Gasteiger partial charge in [-0.3, -0.25) is 9.79 Å². The van der Waals surface area contributed by atoms with Gasteiger partial charge in [0.1, 0.15) is 5.41 Å². The maximum atomic E-state index is 12.4. The van der Waals surface area contributed by atoms with Crippen molar-refractivity contribution in [3.8, 4) is 0 Å². The van der Waals surface area contributed by atoms with Crippen molar-refractivity contribution in [1.82, 2.24) is 0 Å². The molecule has 18 heavy (non-hydrogen) atoms. The van der Waals surface area contributed by atoms with Gasteiger partial charge in [-0.2, -0.15) is 0 Å². The Morgan fingerprint density at radius 2 is 1.89 bits per heavy atom. The van der Waals surface area contributed by atoms with Gasteiger partial charge in [-0.25, -0.2) is 0 Å². The van der Waals surface area contributed by atoms with Crippen molar-refractivity contribution in [3.63, 3.8) is 0 Å². The Balaban J connectivity index is 3.02. The predicted molar refractivity (Wildman–Crippen MR) is 75.0 cm³/mol. The molecule has 1 rings (SSSR count). The monoisotopic (exact) mass is 253 g/mol. The van der Waals surface area contributed by atoms with E-state index in [0.29, 0.717) is 6.61 Å². The fourth-order valence-corrected chi connectivity index (χ4v) is 2.95. The summed E-state index contributed by atoms with van der Waals surface area (Å²) in [5.41, 5.74) is 0.677. The first-order chi connectivity index (χ1) is 8.71. The van der Waals surface area contributed by atoms with Gasteiger partial charge < -0.3 is 4.74 Å². The van der Waals surface area contributed by atoms with Crippen LogP contribution in [0.5, 0.6) is 0 Å². The number of rotatable bonds is 7. The van der Waals surface area contributed by atoms with Gasteiger partial charge in [0.25, 0.3) is 0 Å². The topological polar surface area (TPSA) is 38.7 Å². The molecule has 0 amide bonds. The third kappa shape index (κ3) is 3.33.